The summed E-state index contributed by atoms with van der Waals surface area (Å²) >= 11 is 0. The molecular formula is C11H16N2O3. The highest BCUT2D eigenvalue weighted by molar-refractivity contribution is 5.79. The Morgan fingerprint density at radius 2 is 2.44 bits per heavy atom. The van der Waals surface area contributed by atoms with Gasteiger partial charge in [0, 0.05) is 19.4 Å². The molecule has 1 saturated heterocycles. The van der Waals surface area contributed by atoms with Crippen molar-refractivity contribution in [3.8, 4) is 0 Å². The molecule has 5 heteroatoms. The van der Waals surface area contributed by atoms with E-state index in [1.807, 2.05) is 6.92 Å². The highest BCUT2D eigenvalue weighted by Crippen LogP contribution is 2.15. The van der Waals surface area contributed by atoms with E-state index in [1.54, 1.807) is 0 Å². The largest absolute Gasteiger partial charge is 0.378 e. The lowest BCUT2D eigenvalue weighted by Gasteiger charge is -2.03. The summed E-state index contributed by atoms with van der Waals surface area (Å²) in [5.74, 6) is 1.18. The number of hydrogen-bond acceptors (Lipinski definition) is 5. The van der Waals surface area contributed by atoms with Crippen molar-refractivity contribution in [2.45, 2.75) is 45.1 Å². The van der Waals surface area contributed by atoms with E-state index < -0.39 is 0 Å². The van der Waals surface area contributed by atoms with Crippen LogP contribution in [0.4, 0.5) is 0 Å². The van der Waals surface area contributed by atoms with Crippen LogP contribution in [0, 0.1) is 0 Å². The zero-order valence-electron chi connectivity index (χ0n) is 9.44. The first kappa shape index (κ1) is 11.3. The molecule has 0 spiro atoms. The molecule has 1 unspecified atom stereocenters. The molecule has 0 amide bonds. The fraction of sp³-hybridized carbons (Fsp3) is 0.727. The smallest absolute Gasteiger partial charge is 0.234 e. The summed E-state index contributed by atoms with van der Waals surface area (Å²) in [6.07, 6.45) is 3.80. The minimum absolute atomic E-state index is 0.118. The normalized spacial score (nSPS) is 20.2. The Bertz CT molecular complexity index is 356. The minimum atomic E-state index is 0.118. The van der Waals surface area contributed by atoms with Crippen molar-refractivity contribution in [3.05, 3.63) is 11.7 Å². The van der Waals surface area contributed by atoms with Gasteiger partial charge in [0.1, 0.15) is 5.78 Å². The van der Waals surface area contributed by atoms with Gasteiger partial charge in [0.2, 0.25) is 5.89 Å². The molecule has 0 saturated carbocycles. The van der Waals surface area contributed by atoms with Gasteiger partial charge in [-0.3, -0.25) is 4.79 Å². The molecule has 0 N–H and O–H groups in total. The molecular weight excluding hydrogens is 208 g/mol. The van der Waals surface area contributed by atoms with Crippen LogP contribution in [-0.4, -0.2) is 28.6 Å². The quantitative estimate of drug-likeness (QED) is 0.754. The van der Waals surface area contributed by atoms with Crippen LogP contribution >= 0.6 is 0 Å². The molecule has 1 aliphatic heterocycles. The third-order valence-electron chi connectivity index (χ3n) is 2.69. The Hall–Kier alpha value is -1.23. The topological polar surface area (TPSA) is 65.2 Å². The van der Waals surface area contributed by atoms with Gasteiger partial charge < -0.3 is 9.26 Å². The number of Topliss-reactive ketones (excluding diaryl/α,β-unsaturated/α-hetero) is 1. The predicted octanol–water partition coefficient (Wildman–Crippen LogP) is 1.31. The first-order chi connectivity index (χ1) is 7.78. The molecule has 2 heterocycles. The van der Waals surface area contributed by atoms with Gasteiger partial charge in [-0.05, 0) is 12.8 Å². The van der Waals surface area contributed by atoms with Crippen molar-refractivity contribution < 1.29 is 14.1 Å². The number of ketones is 1. The van der Waals surface area contributed by atoms with Crippen LogP contribution in [0.15, 0.2) is 4.52 Å². The maximum atomic E-state index is 11.2. The summed E-state index contributed by atoms with van der Waals surface area (Å²) in [6, 6.07) is 0. The summed E-state index contributed by atoms with van der Waals surface area (Å²) < 4.78 is 10.5. The van der Waals surface area contributed by atoms with Gasteiger partial charge in [-0.2, -0.15) is 4.98 Å². The molecule has 5 nitrogen and oxygen atoms in total. The number of rotatable bonds is 5. The molecule has 0 aromatic carbocycles. The average Bonchev–Trinajstić information content (AvgIpc) is 2.91. The summed E-state index contributed by atoms with van der Waals surface area (Å²) in [6.45, 7) is 2.65. The molecule has 88 valence electrons. The van der Waals surface area contributed by atoms with Crippen molar-refractivity contribution in [1.29, 1.82) is 0 Å². The number of carbonyl (C=O) groups excluding carboxylic acids is 1. The van der Waals surface area contributed by atoms with E-state index in [9.17, 15) is 4.79 Å². The molecule has 0 bridgehead atoms. The highest BCUT2D eigenvalue weighted by Gasteiger charge is 2.19. The zero-order valence-corrected chi connectivity index (χ0v) is 9.44. The Kier molecular flexibility index (Phi) is 3.66. The van der Waals surface area contributed by atoms with Gasteiger partial charge in [-0.15, -0.1) is 0 Å². The van der Waals surface area contributed by atoms with Gasteiger partial charge in [-0.25, -0.2) is 0 Å². The lowest BCUT2D eigenvalue weighted by atomic mass is 10.2. The van der Waals surface area contributed by atoms with Crippen molar-refractivity contribution in [2.75, 3.05) is 6.61 Å². The fourth-order valence-corrected chi connectivity index (χ4v) is 1.75. The van der Waals surface area contributed by atoms with Crippen molar-refractivity contribution in [3.63, 3.8) is 0 Å². The van der Waals surface area contributed by atoms with E-state index in [4.69, 9.17) is 9.26 Å². The van der Waals surface area contributed by atoms with Gasteiger partial charge >= 0.3 is 0 Å². The van der Waals surface area contributed by atoms with E-state index in [0.29, 0.717) is 24.6 Å². The highest BCUT2D eigenvalue weighted by atomic mass is 16.5. The van der Waals surface area contributed by atoms with Gasteiger partial charge in [-0.1, -0.05) is 12.1 Å². The molecule has 1 atom stereocenters. The first-order valence-corrected chi connectivity index (χ1v) is 5.72. The molecule has 1 fully saturated rings. The standard InChI is InChI=1S/C11H16N2O3/c1-2-8(14)6-11-12-10(13-16-11)7-9-4-3-5-15-9/h9H,2-7H2,1H3. The second-order valence-electron chi connectivity index (χ2n) is 4.01. The lowest BCUT2D eigenvalue weighted by molar-refractivity contribution is -0.118. The number of nitrogens with zero attached hydrogens (tertiary/aromatic N) is 2. The molecule has 1 aromatic rings. The van der Waals surface area contributed by atoms with E-state index in [1.165, 1.54) is 0 Å². The van der Waals surface area contributed by atoms with Crippen molar-refractivity contribution in [2.24, 2.45) is 0 Å². The molecule has 16 heavy (non-hydrogen) atoms. The maximum absolute atomic E-state index is 11.2. The fourth-order valence-electron chi connectivity index (χ4n) is 1.75. The Balaban J connectivity index is 1.88. The third kappa shape index (κ3) is 2.88. The first-order valence-electron chi connectivity index (χ1n) is 5.72. The predicted molar refractivity (Wildman–Crippen MR) is 56.0 cm³/mol. The third-order valence-corrected chi connectivity index (χ3v) is 2.69. The Morgan fingerprint density at radius 3 is 3.12 bits per heavy atom. The van der Waals surface area contributed by atoms with Gasteiger partial charge in [0.25, 0.3) is 0 Å². The second kappa shape index (κ2) is 5.21. The van der Waals surface area contributed by atoms with Crippen LogP contribution in [0.1, 0.15) is 37.9 Å². The number of hydrogen-bond donors (Lipinski definition) is 0. The van der Waals surface area contributed by atoms with E-state index in [-0.39, 0.29) is 18.3 Å². The Labute approximate surface area is 94.2 Å². The van der Waals surface area contributed by atoms with E-state index in [0.717, 1.165) is 19.4 Å². The Morgan fingerprint density at radius 1 is 1.56 bits per heavy atom. The monoisotopic (exact) mass is 224 g/mol. The van der Waals surface area contributed by atoms with Crippen LogP contribution in [-0.2, 0) is 22.4 Å². The maximum Gasteiger partial charge on any atom is 0.234 e. The number of aromatic nitrogens is 2. The summed E-state index contributed by atoms with van der Waals surface area (Å²) in [4.78, 5) is 15.4. The van der Waals surface area contributed by atoms with Crippen LogP contribution in [0.3, 0.4) is 0 Å². The number of ether oxygens (including phenoxy) is 1. The van der Waals surface area contributed by atoms with Crippen molar-refractivity contribution in [1.82, 2.24) is 10.1 Å². The minimum Gasteiger partial charge on any atom is -0.378 e. The van der Waals surface area contributed by atoms with Crippen LogP contribution in [0.5, 0.6) is 0 Å². The number of carbonyl (C=O) groups is 1. The van der Waals surface area contributed by atoms with E-state index >= 15 is 0 Å². The van der Waals surface area contributed by atoms with Crippen LogP contribution in [0.2, 0.25) is 0 Å². The SMILES string of the molecule is CCC(=O)Cc1nc(CC2CCCO2)no1. The second-order valence-corrected chi connectivity index (χ2v) is 4.01. The molecule has 1 aromatic heterocycles. The average molecular weight is 224 g/mol. The van der Waals surface area contributed by atoms with Gasteiger partial charge in [0.15, 0.2) is 5.82 Å². The van der Waals surface area contributed by atoms with Crippen LogP contribution in [0.25, 0.3) is 0 Å². The molecule has 1 aliphatic rings. The molecule has 0 radical (unpaired) electrons. The lowest BCUT2D eigenvalue weighted by Crippen LogP contribution is -2.10. The summed E-state index contributed by atoms with van der Waals surface area (Å²) in [5, 5.41) is 3.85. The van der Waals surface area contributed by atoms with Crippen molar-refractivity contribution >= 4 is 5.78 Å². The molecule has 0 aliphatic carbocycles. The van der Waals surface area contributed by atoms with Crippen LogP contribution < -0.4 is 0 Å². The molecule has 2 rings (SSSR count). The summed E-state index contributed by atoms with van der Waals surface area (Å²) in [5.41, 5.74) is 0. The van der Waals surface area contributed by atoms with Gasteiger partial charge in [0.05, 0.1) is 12.5 Å². The van der Waals surface area contributed by atoms with E-state index in [2.05, 4.69) is 10.1 Å². The summed E-state index contributed by atoms with van der Waals surface area (Å²) in [7, 11) is 0. The zero-order chi connectivity index (χ0) is 11.4.